The van der Waals surface area contributed by atoms with Crippen LogP contribution in [0.25, 0.3) is 89.3 Å². The topological polar surface area (TPSA) is 64.5 Å². The number of hydrogen-bond donors (Lipinski definition) is 0. The average Bonchev–Trinajstić information content (AvgIpc) is 3.17. The summed E-state index contributed by atoms with van der Waals surface area (Å²) >= 11 is 0. The lowest BCUT2D eigenvalue weighted by Gasteiger charge is -2.10. The lowest BCUT2D eigenvalue weighted by Crippen LogP contribution is -2.01. The second-order valence-corrected chi connectivity index (χ2v) is 11.8. The van der Waals surface area contributed by atoms with Gasteiger partial charge in [-0.2, -0.15) is 0 Å². The van der Waals surface area contributed by atoms with Crippen LogP contribution in [0.3, 0.4) is 0 Å². The van der Waals surface area contributed by atoms with Gasteiger partial charge in [0.05, 0.1) is 16.7 Å². The average molecular weight is 614 g/mol. The second kappa shape index (κ2) is 11.6. The molecular weight excluding hydrogens is 587 g/mol. The minimum absolute atomic E-state index is 0.528. The van der Waals surface area contributed by atoms with Crippen LogP contribution in [0.5, 0.6) is 0 Å². The van der Waals surface area contributed by atoms with Crippen molar-refractivity contribution >= 4 is 32.6 Å². The van der Waals surface area contributed by atoms with Gasteiger partial charge in [-0.15, -0.1) is 0 Å². The molecule has 0 saturated heterocycles. The van der Waals surface area contributed by atoms with Crippen LogP contribution in [0.15, 0.2) is 164 Å². The molecule has 9 rings (SSSR count). The molecule has 0 aliphatic heterocycles. The highest BCUT2D eigenvalue weighted by molar-refractivity contribution is 5.91. The molecule has 0 unspecified atom stereocenters. The van der Waals surface area contributed by atoms with Gasteiger partial charge in [-0.1, -0.05) is 133 Å². The summed E-state index contributed by atoms with van der Waals surface area (Å²) in [5, 5.41) is 4.59. The van der Waals surface area contributed by atoms with Crippen LogP contribution in [-0.4, -0.2) is 24.9 Å². The number of pyridine rings is 2. The molecule has 5 nitrogen and oxygen atoms in total. The smallest absolute Gasteiger partial charge is 0.182 e. The van der Waals surface area contributed by atoms with Crippen LogP contribution in [0, 0.1) is 0 Å². The van der Waals surface area contributed by atoms with Crippen molar-refractivity contribution in [2.75, 3.05) is 0 Å². The molecule has 0 bridgehead atoms. The molecule has 0 saturated carbocycles. The summed E-state index contributed by atoms with van der Waals surface area (Å²) < 4.78 is 0. The van der Waals surface area contributed by atoms with Crippen molar-refractivity contribution in [1.82, 2.24) is 24.9 Å². The minimum Gasteiger partial charge on any atom is -0.248 e. The summed E-state index contributed by atoms with van der Waals surface area (Å²) in [5.41, 5.74) is 8.54. The van der Waals surface area contributed by atoms with Gasteiger partial charge in [0.1, 0.15) is 5.69 Å². The third kappa shape index (κ3) is 5.23. The van der Waals surface area contributed by atoms with E-state index in [9.17, 15) is 0 Å². The lowest BCUT2D eigenvalue weighted by molar-refractivity contribution is 1.06. The number of fused-ring (bicyclic) bond motifs is 3. The van der Waals surface area contributed by atoms with Gasteiger partial charge in [0.2, 0.25) is 0 Å². The Morgan fingerprint density at radius 2 is 0.708 bits per heavy atom. The molecule has 3 heterocycles. The zero-order chi connectivity index (χ0) is 31.9. The molecule has 48 heavy (non-hydrogen) atoms. The van der Waals surface area contributed by atoms with Crippen molar-refractivity contribution in [3.63, 3.8) is 0 Å². The van der Waals surface area contributed by atoms with Gasteiger partial charge >= 0.3 is 0 Å². The van der Waals surface area contributed by atoms with Crippen molar-refractivity contribution in [3.8, 4) is 56.7 Å². The van der Waals surface area contributed by atoms with Gasteiger partial charge in [-0.25, -0.2) is 24.9 Å². The van der Waals surface area contributed by atoms with Crippen LogP contribution < -0.4 is 0 Å². The Kier molecular flexibility index (Phi) is 6.72. The number of benzene rings is 6. The fraction of sp³-hybridized carbons (Fsp3) is 0. The van der Waals surface area contributed by atoms with Crippen molar-refractivity contribution in [3.05, 3.63) is 164 Å². The molecule has 3 aromatic heterocycles. The summed E-state index contributed by atoms with van der Waals surface area (Å²) in [5.74, 6) is 1.75. The molecule has 0 N–H and O–H groups in total. The predicted octanol–water partition coefficient (Wildman–Crippen LogP) is 10.5. The van der Waals surface area contributed by atoms with Gasteiger partial charge in [0, 0.05) is 27.5 Å². The molecule has 6 aromatic carbocycles. The minimum atomic E-state index is 0.528. The van der Waals surface area contributed by atoms with Crippen molar-refractivity contribution < 1.29 is 0 Å². The number of rotatable bonds is 5. The molecule has 9 aromatic rings. The van der Waals surface area contributed by atoms with Crippen LogP contribution in [0.1, 0.15) is 0 Å². The standard InChI is InChI=1S/C43H27N5/c1-3-10-31(11-4-1)41-46-42(32-12-5-2-6-13-32)48-43(47-41)38-24-22-30-17-20-36(27-40(30)45-38)37-23-21-29-16-19-35(26-39(29)44-37)34-18-15-28-9-7-8-14-33(28)25-34/h1-27H. The quantitative estimate of drug-likeness (QED) is 0.193. The molecule has 5 heteroatoms. The normalized spacial score (nSPS) is 11.3. The monoisotopic (exact) mass is 613 g/mol. The van der Waals surface area contributed by atoms with Crippen molar-refractivity contribution in [2.45, 2.75) is 0 Å². The summed E-state index contributed by atoms with van der Waals surface area (Å²) in [6.45, 7) is 0. The molecular formula is C43H27N5. The highest BCUT2D eigenvalue weighted by Gasteiger charge is 2.14. The largest absolute Gasteiger partial charge is 0.248 e. The third-order valence-corrected chi connectivity index (χ3v) is 8.69. The Hall–Kier alpha value is -6.59. The summed E-state index contributed by atoms with van der Waals surface area (Å²) in [6, 6.07) is 56.0. The third-order valence-electron chi connectivity index (χ3n) is 8.69. The summed E-state index contributed by atoms with van der Waals surface area (Å²) in [4.78, 5) is 24.7. The fourth-order valence-corrected chi connectivity index (χ4v) is 6.15. The lowest BCUT2D eigenvalue weighted by atomic mass is 9.99. The Morgan fingerprint density at radius 3 is 1.38 bits per heavy atom. The van der Waals surface area contributed by atoms with E-state index in [4.69, 9.17) is 24.9 Å². The van der Waals surface area contributed by atoms with Gasteiger partial charge in [0.15, 0.2) is 17.5 Å². The van der Waals surface area contributed by atoms with E-state index in [1.165, 1.54) is 16.3 Å². The molecule has 0 fully saturated rings. The molecule has 0 spiro atoms. The highest BCUT2D eigenvalue weighted by atomic mass is 15.0. The molecule has 0 aliphatic carbocycles. The van der Waals surface area contributed by atoms with E-state index in [1.54, 1.807) is 0 Å². The Morgan fingerprint density at radius 1 is 0.250 bits per heavy atom. The van der Waals surface area contributed by atoms with Gasteiger partial charge < -0.3 is 0 Å². The maximum atomic E-state index is 5.11. The first-order valence-corrected chi connectivity index (χ1v) is 15.9. The number of hydrogen-bond acceptors (Lipinski definition) is 5. The predicted molar refractivity (Wildman–Crippen MR) is 195 cm³/mol. The van der Waals surface area contributed by atoms with Crippen LogP contribution in [0.4, 0.5) is 0 Å². The van der Waals surface area contributed by atoms with E-state index < -0.39 is 0 Å². The van der Waals surface area contributed by atoms with Gasteiger partial charge in [-0.3, -0.25) is 0 Å². The van der Waals surface area contributed by atoms with E-state index >= 15 is 0 Å². The molecule has 0 amide bonds. The maximum Gasteiger partial charge on any atom is 0.182 e. The Balaban J connectivity index is 1.11. The van der Waals surface area contributed by atoms with E-state index in [0.717, 1.165) is 49.8 Å². The molecule has 0 atom stereocenters. The second-order valence-electron chi connectivity index (χ2n) is 11.8. The Labute approximate surface area is 277 Å². The molecule has 0 aliphatic rings. The first-order chi connectivity index (χ1) is 23.7. The molecule has 224 valence electrons. The zero-order valence-electron chi connectivity index (χ0n) is 25.8. The Bertz CT molecular complexity index is 2560. The zero-order valence-corrected chi connectivity index (χ0v) is 25.8. The first-order valence-electron chi connectivity index (χ1n) is 15.9. The highest BCUT2D eigenvalue weighted by Crippen LogP contribution is 2.31. The van der Waals surface area contributed by atoms with E-state index in [0.29, 0.717) is 23.2 Å². The van der Waals surface area contributed by atoms with Crippen LogP contribution in [-0.2, 0) is 0 Å². The van der Waals surface area contributed by atoms with Crippen molar-refractivity contribution in [2.24, 2.45) is 0 Å². The number of nitrogens with zero attached hydrogens (tertiary/aromatic N) is 5. The van der Waals surface area contributed by atoms with E-state index in [1.807, 2.05) is 66.7 Å². The van der Waals surface area contributed by atoms with Crippen LogP contribution >= 0.6 is 0 Å². The van der Waals surface area contributed by atoms with Crippen LogP contribution in [0.2, 0.25) is 0 Å². The van der Waals surface area contributed by atoms with Gasteiger partial charge in [0.25, 0.3) is 0 Å². The van der Waals surface area contributed by atoms with Gasteiger partial charge in [-0.05, 0) is 52.2 Å². The number of aromatic nitrogens is 5. The van der Waals surface area contributed by atoms with Crippen molar-refractivity contribution in [1.29, 1.82) is 0 Å². The van der Waals surface area contributed by atoms with E-state index in [-0.39, 0.29) is 0 Å². The summed E-state index contributed by atoms with van der Waals surface area (Å²) in [6.07, 6.45) is 0. The first kappa shape index (κ1) is 27.7. The maximum absolute atomic E-state index is 5.11. The summed E-state index contributed by atoms with van der Waals surface area (Å²) in [7, 11) is 0. The SMILES string of the molecule is c1ccc(-c2nc(-c3ccccc3)nc(-c3ccc4ccc(-c5ccc6ccc(-c7ccc8ccccc8c7)cc6n5)cc4n3)n2)cc1. The molecule has 0 radical (unpaired) electrons. The fourth-order valence-electron chi connectivity index (χ4n) is 6.15. The van der Waals surface area contributed by atoms with E-state index in [2.05, 4.69) is 97.1 Å².